The summed E-state index contributed by atoms with van der Waals surface area (Å²) >= 11 is 3.43. The van der Waals surface area contributed by atoms with Gasteiger partial charge in [0.15, 0.2) is 0 Å². The summed E-state index contributed by atoms with van der Waals surface area (Å²) in [6, 6.07) is 5.40. The maximum atomic E-state index is 13.9. The zero-order chi connectivity index (χ0) is 12.0. The summed E-state index contributed by atoms with van der Waals surface area (Å²) in [7, 11) is 1.94. The molecule has 0 heterocycles. The average molecular weight is 298 g/mol. The summed E-state index contributed by atoms with van der Waals surface area (Å²) in [6.07, 6.45) is 3.94. The second kappa shape index (κ2) is 4.36. The van der Waals surface area contributed by atoms with E-state index in [9.17, 15) is 4.39 Å². The Morgan fingerprint density at radius 3 is 2.65 bits per heavy atom. The molecule has 2 aliphatic rings. The zero-order valence-corrected chi connectivity index (χ0v) is 11.5. The van der Waals surface area contributed by atoms with Crippen molar-refractivity contribution in [2.45, 2.75) is 25.3 Å². The molecule has 1 aromatic rings. The van der Waals surface area contributed by atoms with Crippen LogP contribution < -0.4 is 5.32 Å². The van der Waals surface area contributed by atoms with Crippen molar-refractivity contribution >= 4 is 15.9 Å². The molecule has 3 atom stereocenters. The summed E-state index contributed by atoms with van der Waals surface area (Å²) in [5.74, 6) is 2.39. The molecule has 0 aliphatic heterocycles. The molecule has 0 spiro atoms. The Bertz CT molecular complexity index is 424. The van der Waals surface area contributed by atoms with Crippen LogP contribution >= 0.6 is 15.9 Å². The van der Waals surface area contributed by atoms with Crippen molar-refractivity contribution in [2.75, 3.05) is 7.05 Å². The summed E-state index contributed by atoms with van der Waals surface area (Å²) in [5.41, 5.74) is 0.813. The van der Waals surface area contributed by atoms with Crippen LogP contribution in [-0.4, -0.2) is 7.05 Å². The molecule has 0 saturated heterocycles. The van der Waals surface area contributed by atoms with Crippen LogP contribution in [0.15, 0.2) is 22.7 Å². The van der Waals surface area contributed by atoms with E-state index in [4.69, 9.17) is 0 Å². The van der Waals surface area contributed by atoms with E-state index in [-0.39, 0.29) is 11.9 Å². The molecular weight excluding hydrogens is 281 g/mol. The Morgan fingerprint density at radius 1 is 1.29 bits per heavy atom. The quantitative estimate of drug-likeness (QED) is 0.892. The van der Waals surface area contributed by atoms with Crippen molar-refractivity contribution in [3.05, 3.63) is 34.1 Å². The van der Waals surface area contributed by atoms with Gasteiger partial charge < -0.3 is 5.32 Å². The maximum absolute atomic E-state index is 13.9. The molecule has 3 unspecified atom stereocenters. The number of nitrogens with one attached hydrogen (secondary N) is 1. The number of hydrogen-bond donors (Lipinski definition) is 1. The first-order valence-corrected chi connectivity index (χ1v) is 7.10. The van der Waals surface area contributed by atoms with E-state index in [1.54, 1.807) is 12.1 Å². The van der Waals surface area contributed by atoms with E-state index < -0.39 is 0 Å². The van der Waals surface area contributed by atoms with Crippen LogP contribution in [0.3, 0.4) is 0 Å². The summed E-state index contributed by atoms with van der Waals surface area (Å²) in [5, 5.41) is 3.31. The van der Waals surface area contributed by atoms with Crippen molar-refractivity contribution in [1.82, 2.24) is 5.32 Å². The third kappa shape index (κ3) is 2.15. The molecule has 1 N–H and O–H groups in total. The lowest BCUT2D eigenvalue weighted by molar-refractivity contribution is 0.350. The Hall–Kier alpha value is -0.410. The smallest absolute Gasteiger partial charge is 0.128 e. The molecule has 92 valence electrons. The SMILES string of the molecule is CNC(c1cc(Br)ccc1F)C1CC2CC2C1. The number of rotatable bonds is 3. The second-order valence-corrected chi connectivity index (χ2v) is 6.34. The molecule has 17 heavy (non-hydrogen) atoms. The van der Waals surface area contributed by atoms with Gasteiger partial charge in [0, 0.05) is 16.1 Å². The molecule has 1 nitrogen and oxygen atoms in total. The van der Waals surface area contributed by atoms with E-state index in [1.807, 2.05) is 13.1 Å². The molecule has 3 rings (SSSR count). The highest BCUT2D eigenvalue weighted by atomic mass is 79.9. The summed E-state index contributed by atoms with van der Waals surface area (Å²) in [6.45, 7) is 0. The van der Waals surface area contributed by atoms with Gasteiger partial charge in [0.05, 0.1) is 0 Å². The second-order valence-electron chi connectivity index (χ2n) is 5.42. The van der Waals surface area contributed by atoms with Gasteiger partial charge in [-0.2, -0.15) is 0 Å². The zero-order valence-electron chi connectivity index (χ0n) is 9.92. The minimum atomic E-state index is -0.0897. The minimum absolute atomic E-state index is 0.0897. The van der Waals surface area contributed by atoms with Crippen LogP contribution in [-0.2, 0) is 0 Å². The molecule has 2 saturated carbocycles. The van der Waals surface area contributed by atoms with Crippen LogP contribution in [0.4, 0.5) is 4.39 Å². The van der Waals surface area contributed by atoms with E-state index in [0.29, 0.717) is 5.92 Å². The normalized spacial score (nSPS) is 32.3. The van der Waals surface area contributed by atoms with Crippen LogP contribution in [0.5, 0.6) is 0 Å². The van der Waals surface area contributed by atoms with Crippen molar-refractivity contribution in [3.63, 3.8) is 0 Å². The molecule has 3 heteroatoms. The van der Waals surface area contributed by atoms with Crippen molar-refractivity contribution in [2.24, 2.45) is 17.8 Å². The number of halogens is 2. The Labute approximate surface area is 110 Å². The first-order chi connectivity index (χ1) is 8.19. The van der Waals surface area contributed by atoms with Gasteiger partial charge in [0.2, 0.25) is 0 Å². The largest absolute Gasteiger partial charge is 0.313 e. The number of benzene rings is 1. The Morgan fingerprint density at radius 2 is 2.00 bits per heavy atom. The highest BCUT2D eigenvalue weighted by Gasteiger charge is 2.48. The fraction of sp³-hybridized carbons (Fsp3) is 0.571. The first kappa shape index (κ1) is 11.7. The fourth-order valence-corrected chi connectivity index (χ4v) is 3.81. The predicted molar refractivity (Wildman–Crippen MR) is 70.2 cm³/mol. The van der Waals surface area contributed by atoms with Crippen LogP contribution in [0, 0.1) is 23.6 Å². The van der Waals surface area contributed by atoms with Gasteiger partial charge in [-0.05, 0) is 62.3 Å². The number of fused-ring (bicyclic) bond motifs is 1. The van der Waals surface area contributed by atoms with Crippen LogP contribution in [0.2, 0.25) is 0 Å². The monoisotopic (exact) mass is 297 g/mol. The van der Waals surface area contributed by atoms with E-state index in [2.05, 4.69) is 21.2 Å². The van der Waals surface area contributed by atoms with Crippen LogP contribution in [0.1, 0.15) is 30.9 Å². The topological polar surface area (TPSA) is 12.0 Å². The maximum Gasteiger partial charge on any atom is 0.128 e. The Kier molecular flexibility index (Phi) is 2.99. The van der Waals surface area contributed by atoms with Gasteiger partial charge in [-0.15, -0.1) is 0 Å². The molecule has 2 fully saturated rings. The molecule has 0 bridgehead atoms. The lowest BCUT2D eigenvalue weighted by Gasteiger charge is -2.25. The average Bonchev–Trinajstić information content (AvgIpc) is 2.92. The predicted octanol–water partition coefficient (Wildman–Crippen LogP) is 3.89. The lowest BCUT2D eigenvalue weighted by Crippen LogP contribution is -2.25. The number of hydrogen-bond acceptors (Lipinski definition) is 1. The van der Waals surface area contributed by atoms with Gasteiger partial charge in [-0.1, -0.05) is 15.9 Å². The van der Waals surface area contributed by atoms with Gasteiger partial charge in [-0.3, -0.25) is 0 Å². The molecule has 2 aliphatic carbocycles. The molecular formula is C14H17BrFN. The lowest BCUT2D eigenvalue weighted by atomic mass is 9.89. The van der Waals surface area contributed by atoms with Gasteiger partial charge in [-0.25, -0.2) is 4.39 Å². The first-order valence-electron chi connectivity index (χ1n) is 6.31. The minimum Gasteiger partial charge on any atom is -0.313 e. The van der Waals surface area contributed by atoms with Crippen molar-refractivity contribution in [1.29, 1.82) is 0 Å². The third-order valence-electron chi connectivity index (χ3n) is 4.36. The molecule has 0 amide bonds. The Balaban J connectivity index is 1.86. The standard InChI is InChI=1S/C14H17BrFN/c1-17-14(10-5-8-4-9(8)6-10)12-7-11(15)2-3-13(12)16/h2-3,7-10,14,17H,4-6H2,1H3. The van der Waals surface area contributed by atoms with Crippen molar-refractivity contribution in [3.8, 4) is 0 Å². The summed E-state index contributed by atoms with van der Waals surface area (Å²) in [4.78, 5) is 0. The molecule has 0 radical (unpaired) electrons. The summed E-state index contributed by atoms with van der Waals surface area (Å²) < 4.78 is 14.9. The third-order valence-corrected chi connectivity index (χ3v) is 4.85. The highest BCUT2D eigenvalue weighted by molar-refractivity contribution is 9.10. The van der Waals surface area contributed by atoms with E-state index >= 15 is 0 Å². The van der Waals surface area contributed by atoms with Crippen molar-refractivity contribution < 1.29 is 4.39 Å². The van der Waals surface area contributed by atoms with Gasteiger partial charge >= 0.3 is 0 Å². The van der Waals surface area contributed by atoms with E-state index in [1.165, 1.54) is 19.3 Å². The fourth-order valence-electron chi connectivity index (χ4n) is 3.43. The molecule has 0 aromatic heterocycles. The molecule has 1 aromatic carbocycles. The highest BCUT2D eigenvalue weighted by Crippen LogP contribution is 2.57. The van der Waals surface area contributed by atoms with Gasteiger partial charge in [0.25, 0.3) is 0 Å². The van der Waals surface area contributed by atoms with Gasteiger partial charge in [0.1, 0.15) is 5.82 Å². The van der Waals surface area contributed by atoms with Crippen LogP contribution in [0.25, 0.3) is 0 Å². The van der Waals surface area contributed by atoms with E-state index in [0.717, 1.165) is 21.9 Å².